The van der Waals surface area contributed by atoms with Crippen LogP contribution in [0.15, 0.2) is 34.7 Å². The van der Waals surface area contributed by atoms with Crippen LogP contribution in [0, 0.1) is 18.7 Å². The lowest BCUT2D eigenvalue weighted by Gasteiger charge is -2.30. The van der Waals surface area contributed by atoms with Gasteiger partial charge in [0.1, 0.15) is 22.2 Å². The van der Waals surface area contributed by atoms with Crippen molar-refractivity contribution in [3.63, 3.8) is 0 Å². The summed E-state index contributed by atoms with van der Waals surface area (Å²) in [4.78, 5) is 39.9. The van der Waals surface area contributed by atoms with Crippen LogP contribution in [0.2, 0.25) is 5.02 Å². The summed E-state index contributed by atoms with van der Waals surface area (Å²) in [5, 5.41) is 2.57. The second-order valence-electron chi connectivity index (χ2n) is 8.24. The maximum absolute atomic E-state index is 14.0. The molecule has 0 bridgehead atoms. The van der Waals surface area contributed by atoms with E-state index in [1.54, 1.807) is 19.1 Å². The summed E-state index contributed by atoms with van der Waals surface area (Å²) in [7, 11) is 0. The molecular weight excluding hydrogens is 497 g/mol. The largest absolute Gasteiger partial charge is 0.464 e. The first-order valence-electron chi connectivity index (χ1n) is 10.7. The number of amides is 3. The molecule has 3 amide bonds. The quantitative estimate of drug-likeness (QED) is 0.387. The zero-order valence-corrected chi connectivity index (χ0v) is 20.9. The zero-order chi connectivity index (χ0) is 25.9. The lowest BCUT2D eigenvalue weighted by atomic mass is 10.1. The van der Waals surface area contributed by atoms with Crippen molar-refractivity contribution in [2.75, 3.05) is 17.2 Å². The van der Waals surface area contributed by atoms with E-state index in [1.165, 1.54) is 12.1 Å². The van der Waals surface area contributed by atoms with Gasteiger partial charge in [0.05, 0.1) is 10.7 Å². The fraction of sp³-hybridized carbons (Fsp3) is 0.304. The van der Waals surface area contributed by atoms with Crippen molar-refractivity contribution in [2.45, 2.75) is 33.2 Å². The summed E-state index contributed by atoms with van der Waals surface area (Å²) in [6.45, 7) is 6.07. The Morgan fingerprint density at radius 1 is 1.26 bits per heavy atom. The number of rotatable bonds is 9. The van der Waals surface area contributed by atoms with Crippen LogP contribution in [-0.4, -0.2) is 28.6 Å². The number of nitrogen functional groups attached to an aromatic ring is 1. The molecule has 0 aliphatic carbocycles. The van der Waals surface area contributed by atoms with Gasteiger partial charge >= 0.3 is 0 Å². The summed E-state index contributed by atoms with van der Waals surface area (Å²) in [5.41, 5.74) is 10.9. The van der Waals surface area contributed by atoms with Crippen molar-refractivity contribution in [1.82, 2.24) is 9.69 Å². The predicted molar refractivity (Wildman–Crippen MR) is 132 cm³/mol. The van der Waals surface area contributed by atoms with Crippen molar-refractivity contribution in [1.29, 1.82) is 0 Å². The van der Waals surface area contributed by atoms with Crippen LogP contribution in [0.4, 0.5) is 15.8 Å². The smallest absolute Gasteiger partial charge is 0.273 e. The van der Waals surface area contributed by atoms with Crippen LogP contribution >= 0.6 is 23.1 Å². The number of hydrogen-bond donors (Lipinski definition) is 3. The molecule has 35 heavy (non-hydrogen) atoms. The first-order valence-corrected chi connectivity index (χ1v) is 11.8. The molecular formula is C23H25ClFN5O4S. The van der Waals surface area contributed by atoms with Crippen molar-refractivity contribution >= 4 is 52.2 Å². The van der Waals surface area contributed by atoms with E-state index in [1.807, 2.05) is 13.8 Å². The number of nitrogens with one attached hydrogen (secondary N) is 1. The third-order valence-corrected chi connectivity index (χ3v) is 6.25. The van der Waals surface area contributed by atoms with Gasteiger partial charge in [0.15, 0.2) is 11.7 Å². The predicted octanol–water partition coefficient (Wildman–Crippen LogP) is 4.07. The van der Waals surface area contributed by atoms with E-state index in [0.29, 0.717) is 36.2 Å². The van der Waals surface area contributed by atoms with E-state index in [2.05, 4.69) is 9.69 Å². The minimum absolute atomic E-state index is 0.105. The fourth-order valence-corrected chi connectivity index (χ4v) is 4.23. The van der Waals surface area contributed by atoms with Crippen molar-refractivity contribution in [2.24, 2.45) is 11.7 Å². The third kappa shape index (κ3) is 5.80. The van der Waals surface area contributed by atoms with Crippen LogP contribution in [0.1, 0.15) is 58.0 Å². The Hall–Kier alpha value is -3.44. The minimum atomic E-state index is -1.30. The number of anilines is 2. The molecule has 9 nitrogen and oxygen atoms in total. The topological polar surface area (TPSA) is 145 Å². The number of carbonyl (C=O) groups excluding carboxylic acids is 3. The highest BCUT2D eigenvalue weighted by molar-refractivity contribution is 7.09. The number of aromatic nitrogens is 1. The molecule has 0 spiro atoms. The van der Waals surface area contributed by atoms with Crippen LogP contribution in [0.25, 0.3) is 0 Å². The second-order valence-corrected chi connectivity index (χ2v) is 9.42. The Labute approximate surface area is 210 Å². The number of halogens is 2. The summed E-state index contributed by atoms with van der Waals surface area (Å²) in [5.74, 6) is -1.91. The Morgan fingerprint density at radius 2 is 1.97 bits per heavy atom. The van der Waals surface area contributed by atoms with Gasteiger partial charge in [-0.3, -0.25) is 19.3 Å². The molecule has 2 aromatic heterocycles. The monoisotopic (exact) mass is 521 g/mol. The number of carbonyl (C=O) groups is 3. The van der Waals surface area contributed by atoms with Crippen LogP contribution in [0.5, 0.6) is 0 Å². The van der Waals surface area contributed by atoms with Gasteiger partial charge in [-0.25, -0.2) is 4.39 Å². The van der Waals surface area contributed by atoms with Gasteiger partial charge in [-0.1, -0.05) is 25.4 Å². The van der Waals surface area contributed by atoms with Gasteiger partial charge in [-0.2, -0.15) is 4.37 Å². The lowest BCUT2D eigenvalue weighted by Crippen LogP contribution is -2.44. The molecule has 12 heteroatoms. The van der Waals surface area contributed by atoms with E-state index in [9.17, 15) is 18.8 Å². The highest BCUT2D eigenvalue weighted by Gasteiger charge is 2.38. The highest BCUT2D eigenvalue weighted by atomic mass is 35.5. The molecule has 0 fully saturated rings. The molecule has 0 saturated carbocycles. The minimum Gasteiger partial charge on any atom is -0.464 e. The fourth-order valence-electron chi connectivity index (χ4n) is 3.31. The Balaban J connectivity index is 2.16. The number of hydrogen-bond acceptors (Lipinski definition) is 7. The molecule has 186 valence electrons. The maximum Gasteiger partial charge on any atom is 0.273 e. The van der Waals surface area contributed by atoms with Crippen molar-refractivity contribution in [3.8, 4) is 0 Å². The summed E-state index contributed by atoms with van der Waals surface area (Å²) < 4.78 is 23.6. The standard InChI is InChI=1S/C23H25ClFN5O4S/c1-11(2)8-9-28-22(32)19(16-7-4-12(3)34-16)30(13-5-6-15(25)14(24)10-13)23(33)20-17(26)18(21(27)31)29-35-20/h4-7,10-11,19H,8-9,26H2,1-3H3,(H2,27,31)(H,28,32)/t19-/m0/s1. The average Bonchev–Trinajstić information content (AvgIpc) is 3.38. The van der Waals surface area contributed by atoms with Crippen molar-refractivity contribution < 1.29 is 23.2 Å². The maximum atomic E-state index is 14.0. The summed E-state index contributed by atoms with van der Waals surface area (Å²) in [6.07, 6.45) is 0.704. The highest BCUT2D eigenvalue weighted by Crippen LogP contribution is 2.35. The molecule has 0 radical (unpaired) electrons. The molecule has 0 unspecified atom stereocenters. The number of primary amides is 1. The first kappa shape index (κ1) is 26.2. The van der Waals surface area contributed by atoms with Gasteiger partial charge in [0.25, 0.3) is 17.7 Å². The zero-order valence-electron chi connectivity index (χ0n) is 19.3. The Morgan fingerprint density at radius 3 is 2.51 bits per heavy atom. The van der Waals surface area contributed by atoms with Gasteiger partial charge in [-0.15, -0.1) is 0 Å². The number of nitrogens with two attached hydrogens (primary N) is 2. The number of nitrogens with zero attached hydrogens (tertiary/aromatic N) is 2. The second kappa shape index (κ2) is 10.9. The SMILES string of the molecule is Cc1ccc([C@@H](C(=O)NCCC(C)C)N(C(=O)c2snc(C(N)=O)c2N)c2ccc(F)c(Cl)c2)o1. The summed E-state index contributed by atoms with van der Waals surface area (Å²) in [6, 6.07) is 5.50. The molecule has 1 aromatic carbocycles. The molecule has 2 heterocycles. The van der Waals surface area contributed by atoms with E-state index in [-0.39, 0.29) is 32.7 Å². The Kier molecular flexibility index (Phi) is 8.13. The molecule has 5 N–H and O–H groups in total. The van der Waals surface area contributed by atoms with E-state index in [4.69, 9.17) is 27.5 Å². The van der Waals surface area contributed by atoms with Gasteiger partial charge in [-0.05, 0) is 61.1 Å². The number of benzene rings is 1. The van der Waals surface area contributed by atoms with Gasteiger partial charge in [0, 0.05) is 12.2 Å². The number of furan rings is 1. The number of aryl methyl sites for hydroxylation is 1. The molecule has 0 aliphatic rings. The third-order valence-electron chi connectivity index (χ3n) is 5.11. The average molecular weight is 522 g/mol. The molecule has 0 saturated heterocycles. The lowest BCUT2D eigenvalue weighted by molar-refractivity contribution is -0.122. The van der Waals surface area contributed by atoms with E-state index < -0.39 is 29.6 Å². The normalized spacial score (nSPS) is 11.9. The van der Waals surface area contributed by atoms with Gasteiger partial charge in [0.2, 0.25) is 0 Å². The molecule has 0 aliphatic heterocycles. The van der Waals surface area contributed by atoms with E-state index in [0.717, 1.165) is 11.0 Å². The molecule has 3 rings (SSSR count). The Bertz CT molecular complexity index is 1260. The first-order chi connectivity index (χ1) is 16.5. The molecule has 1 atom stereocenters. The van der Waals surface area contributed by atoms with Crippen molar-refractivity contribution in [3.05, 3.63) is 63.3 Å². The van der Waals surface area contributed by atoms with E-state index >= 15 is 0 Å². The van der Waals surface area contributed by atoms with Crippen LogP contribution < -0.4 is 21.7 Å². The summed E-state index contributed by atoms with van der Waals surface area (Å²) >= 11 is 6.66. The van der Waals surface area contributed by atoms with Gasteiger partial charge < -0.3 is 21.2 Å². The van der Waals surface area contributed by atoms with Crippen LogP contribution in [0.3, 0.4) is 0 Å². The molecule has 3 aromatic rings. The van der Waals surface area contributed by atoms with Crippen LogP contribution in [-0.2, 0) is 4.79 Å².